The minimum Gasteiger partial charge on any atom is -0.293 e. The van der Waals surface area contributed by atoms with Crippen molar-refractivity contribution in [2.45, 2.75) is 39.5 Å². The van der Waals surface area contributed by atoms with E-state index in [1.165, 1.54) is 17.8 Å². The topological polar surface area (TPSA) is 38.1 Å². The number of carbonyl (C=O) groups is 1. The van der Waals surface area contributed by atoms with E-state index in [-0.39, 0.29) is 11.7 Å². The van der Waals surface area contributed by atoms with Gasteiger partial charge < -0.3 is 0 Å². The molecule has 7 heteroatoms. The lowest BCUT2D eigenvalue weighted by molar-refractivity contribution is -0.122. The van der Waals surface area contributed by atoms with Crippen molar-refractivity contribution in [1.29, 1.82) is 0 Å². The molecule has 1 amide bonds. The summed E-state index contributed by atoms with van der Waals surface area (Å²) in [6.07, 6.45) is 8.01. The van der Waals surface area contributed by atoms with Gasteiger partial charge in [0.1, 0.15) is 15.8 Å². The highest BCUT2D eigenvalue weighted by molar-refractivity contribution is 8.26. The Hall–Kier alpha value is -2.77. The zero-order valence-corrected chi connectivity index (χ0v) is 20.4. The molecule has 2 aromatic carbocycles. The number of benzene rings is 2. The van der Waals surface area contributed by atoms with E-state index in [9.17, 15) is 9.18 Å². The Kier molecular flexibility index (Phi) is 7.40. The molecule has 1 saturated heterocycles. The molecule has 3 aromatic rings. The molecule has 0 unspecified atom stereocenters. The molecule has 170 valence electrons. The molecule has 1 aromatic heterocycles. The van der Waals surface area contributed by atoms with Crippen molar-refractivity contribution in [3.63, 3.8) is 0 Å². The van der Waals surface area contributed by atoms with Gasteiger partial charge in [0.05, 0.1) is 10.6 Å². The molecule has 1 aliphatic heterocycles. The smallest absolute Gasteiger partial charge is 0.266 e. The number of hydrogen-bond acceptors (Lipinski definition) is 4. The summed E-state index contributed by atoms with van der Waals surface area (Å²) in [6, 6.07) is 14.8. The lowest BCUT2D eigenvalue weighted by atomic mass is 10.1. The van der Waals surface area contributed by atoms with Crippen molar-refractivity contribution in [3.05, 3.63) is 76.6 Å². The molecule has 0 saturated carbocycles. The third-order valence-corrected chi connectivity index (χ3v) is 6.98. The average Bonchev–Trinajstić information content (AvgIpc) is 3.35. The van der Waals surface area contributed by atoms with Gasteiger partial charge in [-0.2, -0.15) is 5.10 Å². The maximum atomic E-state index is 14.3. The maximum absolute atomic E-state index is 14.3. The van der Waals surface area contributed by atoms with Crippen LogP contribution in [-0.2, 0) is 4.79 Å². The predicted octanol–water partition coefficient (Wildman–Crippen LogP) is 6.77. The molecule has 4 rings (SSSR count). The van der Waals surface area contributed by atoms with E-state index in [0.717, 1.165) is 36.9 Å². The fraction of sp³-hybridized carbons (Fsp3) is 0.269. The maximum Gasteiger partial charge on any atom is 0.266 e. The van der Waals surface area contributed by atoms with Crippen LogP contribution in [0.1, 0.15) is 43.7 Å². The second-order valence-corrected chi connectivity index (χ2v) is 9.75. The van der Waals surface area contributed by atoms with E-state index in [0.29, 0.717) is 32.6 Å². The number of amides is 1. The lowest BCUT2D eigenvalue weighted by Gasteiger charge is -2.13. The highest BCUT2D eigenvalue weighted by atomic mass is 32.2. The van der Waals surface area contributed by atoms with Crippen molar-refractivity contribution in [2.24, 2.45) is 0 Å². The van der Waals surface area contributed by atoms with Gasteiger partial charge in [0.15, 0.2) is 0 Å². The molecular formula is C26H26FN3OS2. The van der Waals surface area contributed by atoms with Gasteiger partial charge in [0.25, 0.3) is 5.91 Å². The number of rotatable bonds is 8. The normalized spacial score (nSPS) is 15.1. The monoisotopic (exact) mass is 479 g/mol. The second-order valence-electron chi connectivity index (χ2n) is 8.07. The SMILES string of the molecule is CCCCCCN1C(=O)/C(=C/c2cn(-c3ccccc3)nc2-c2ccc(C)c(F)c2)SC1=S. The van der Waals surface area contributed by atoms with Crippen LogP contribution in [0.25, 0.3) is 23.0 Å². The molecule has 33 heavy (non-hydrogen) atoms. The predicted molar refractivity (Wildman–Crippen MR) is 138 cm³/mol. The van der Waals surface area contributed by atoms with Crippen LogP contribution in [0.2, 0.25) is 0 Å². The molecule has 0 radical (unpaired) electrons. The van der Waals surface area contributed by atoms with E-state index in [1.54, 1.807) is 22.6 Å². The zero-order chi connectivity index (χ0) is 23.4. The highest BCUT2D eigenvalue weighted by Gasteiger charge is 2.32. The summed E-state index contributed by atoms with van der Waals surface area (Å²) in [7, 11) is 0. The minimum absolute atomic E-state index is 0.0741. The molecular weight excluding hydrogens is 453 g/mol. The fourth-order valence-electron chi connectivity index (χ4n) is 3.70. The average molecular weight is 480 g/mol. The van der Waals surface area contributed by atoms with Gasteiger partial charge in [-0.3, -0.25) is 9.69 Å². The van der Waals surface area contributed by atoms with Crippen molar-refractivity contribution < 1.29 is 9.18 Å². The Balaban J connectivity index is 1.69. The lowest BCUT2D eigenvalue weighted by Crippen LogP contribution is -2.29. The molecule has 0 aliphatic carbocycles. The number of hydrogen-bond donors (Lipinski definition) is 0. The third-order valence-electron chi connectivity index (χ3n) is 5.60. The first-order valence-electron chi connectivity index (χ1n) is 11.1. The largest absolute Gasteiger partial charge is 0.293 e. The van der Waals surface area contributed by atoms with Crippen LogP contribution in [0, 0.1) is 12.7 Å². The Morgan fingerprint density at radius 2 is 1.91 bits per heavy atom. The van der Waals surface area contributed by atoms with E-state index < -0.39 is 0 Å². The minimum atomic E-state index is -0.286. The first kappa shape index (κ1) is 23.4. The Morgan fingerprint density at radius 3 is 2.64 bits per heavy atom. The quantitative estimate of drug-likeness (QED) is 0.203. The molecule has 4 nitrogen and oxygen atoms in total. The number of thiocarbonyl (C=S) groups is 1. The summed E-state index contributed by atoms with van der Waals surface area (Å²) in [4.78, 5) is 15.3. The van der Waals surface area contributed by atoms with E-state index >= 15 is 0 Å². The number of thioether (sulfide) groups is 1. The van der Waals surface area contributed by atoms with E-state index in [2.05, 4.69) is 6.92 Å². The van der Waals surface area contributed by atoms with Crippen molar-refractivity contribution in [3.8, 4) is 16.9 Å². The number of para-hydroxylation sites is 1. The van der Waals surface area contributed by atoms with E-state index in [4.69, 9.17) is 17.3 Å². The first-order chi connectivity index (χ1) is 16.0. The number of halogens is 1. The summed E-state index contributed by atoms with van der Waals surface area (Å²) >= 11 is 6.80. The second kappa shape index (κ2) is 10.4. The summed E-state index contributed by atoms with van der Waals surface area (Å²) in [6.45, 7) is 4.53. The standard InChI is InChI=1S/C26H26FN3OS2/c1-3-4-5-9-14-29-25(31)23(33-26(29)32)16-20-17-30(21-10-7-6-8-11-21)28-24(20)19-13-12-18(2)22(27)15-19/h6-8,10-13,15-17H,3-5,9,14H2,1-2H3/b23-16-. The first-order valence-corrected chi connectivity index (χ1v) is 12.4. The summed E-state index contributed by atoms with van der Waals surface area (Å²) in [5.41, 5.74) is 3.48. The van der Waals surface area contributed by atoms with Crippen LogP contribution in [0.15, 0.2) is 59.6 Å². The van der Waals surface area contributed by atoms with Crippen LogP contribution >= 0.6 is 24.0 Å². The Bertz CT molecular complexity index is 1200. The molecule has 0 atom stereocenters. The molecule has 0 bridgehead atoms. The van der Waals surface area contributed by atoms with Crippen LogP contribution in [0.3, 0.4) is 0 Å². The van der Waals surface area contributed by atoms with Gasteiger partial charge in [-0.05, 0) is 43.2 Å². The van der Waals surface area contributed by atoms with Crippen molar-refractivity contribution in [2.75, 3.05) is 6.54 Å². The van der Waals surface area contributed by atoms with Gasteiger partial charge in [-0.25, -0.2) is 9.07 Å². The Labute approximate surface area is 203 Å². The molecule has 2 heterocycles. The van der Waals surface area contributed by atoms with Crippen molar-refractivity contribution in [1.82, 2.24) is 14.7 Å². The molecule has 0 spiro atoms. The summed E-state index contributed by atoms with van der Waals surface area (Å²) in [5.74, 6) is -0.360. The molecule has 1 fully saturated rings. The zero-order valence-electron chi connectivity index (χ0n) is 18.8. The number of carbonyl (C=O) groups excluding carboxylic acids is 1. The van der Waals surface area contributed by atoms with Gasteiger partial charge in [-0.1, -0.05) is 80.5 Å². The van der Waals surface area contributed by atoms with Gasteiger partial charge in [0, 0.05) is 23.9 Å². The summed E-state index contributed by atoms with van der Waals surface area (Å²) in [5, 5.41) is 4.74. The molecule has 1 aliphatic rings. The highest BCUT2D eigenvalue weighted by Crippen LogP contribution is 2.35. The van der Waals surface area contributed by atoms with Crippen LogP contribution in [-0.4, -0.2) is 31.5 Å². The Morgan fingerprint density at radius 1 is 1.12 bits per heavy atom. The number of unbranched alkanes of at least 4 members (excludes halogenated alkanes) is 3. The number of nitrogens with zero attached hydrogens (tertiary/aromatic N) is 3. The van der Waals surface area contributed by atoms with Crippen LogP contribution in [0.4, 0.5) is 4.39 Å². The van der Waals surface area contributed by atoms with Gasteiger partial charge >= 0.3 is 0 Å². The van der Waals surface area contributed by atoms with Crippen molar-refractivity contribution >= 4 is 40.3 Å². The van der Waals surface area contributed by atoms with Crippen LogP contribution in [0.5, 0.6) is 0 Å². The summed E-state index contributed by atoms with van der Waals surface area (Å²) < 4.78 is 16.7. The van der Waals surface area contributed by atoms with E-state index in [1.807, 2.05) is 48.7 Å². The number of aryl methyl sites for hydroxylation is 1. The third kappa shape index (κ3) is 5.25. The van der Waals surface area contributed by atoms with Gasteiger partial charge in [-0.15, -0.1) is 0 Å². The molecule has 0 N–H and O–H groups in total. The number of aromatic nitrogens is 2. The van der Waals surface area contributed by atoms with Crippen LogP contribution < -0.4 is 0 Å². The van der Waals surface area contributed by atoms with Gasteiger partial charge in [0.2, 0.25) is 0 Å². The fourth-order valence-corrected chi connectivity index (χ4v) is 5.00.